The summed E-state index contributed by atoms with van der Waals surface area (Å²) in [4.78, 5) is 13.5. The molecule has 3 aromatic carbocycles. The highest BCUT2D eigenvalue weighted by Gasteiger charge is 2.12. The van der Waals surface area contributed by atoms with Gasteiger partial charge in [0.15, 0.2) is 0 Å². The first-order valence-electron chi connectivity index (χ1n) is 9.02. The lowest BCUT2D eigenvalue weighted by molar-refractivity contribution is -0.110. The first-order valence-corrected chi connectivity index (χ1v) is 9.84. The molecule has 5 N–H and O–H groups in total. The molecule has 5 nitrogen and oxygen atoms in total. The maximum Gasteiger partial charge on any atom is 0.304 e. The van der Waals surface area contributed by atoms with E-state index in [1.54, 1.807) is 0 Å². The third kappa shape index (κ3) is 3.73. The van der Waals surface area contributed by atoms with Gasteiger partial charge in [0.1, 0.15) is 0 Å². The average Bonchev–Trinajstić information content (AvgIpc) is 3.04. The first-order chi connectivity index (χ1) is 13.6. The van der Waals surface area contributed by atoms with Gasteiger partial charge in [0.2, 0.25) is 0 Å². The molecule has 0 fully saturated rings. The summed E-state index contributed by atoms with van der Waals surface area (Å²) >= 11 is 1.35. The summed E-state index contributed by atoms with van der Waals surface area (Å²) in [5.74, 6) is -0.0728. The fraction of sp³-hybridized carbons (Fsp3) is 0.0909. The normalized spacial score (nSPS) is 11.0. The molecule has 1 heterocycles. The topological polar surface area (TPSA) is 85.6 Å². The van der Waals surface area contributed by atoms with Gasteiger partial charge in [0.05, 0.1) is 0 Å². The van der Waals surface area contributed by atoms with Crippen LogP contribution >= 0.6 is 11.8 Å². The number of nitrogens with zero attached hydrogens (tertiary/aromatic N) is 1. The molecule has 6 heteroatoms. The molecule has 4 aromatic rings. The predicted molar refractivity (Wildman–Crippen MR) is 115 cm³/mol. The van der Waals surface area contributed by atoms with E-state index in [4.69, 9.17) is 11.1 Å². The van der Waals surface area contributed by atoms with Crippen molar-refractivity contribution in [1.82, 2.24) is 9.88 Å². The van der Waals surface area contributed by atoms with Crippen LogP contribution in [0.25, 0.3) is 21.7 Å². The second-order valence-corrected chi connectivity index (χ2v) is 7.64. The van der Waals surface area contributed by atoms with E-state index in [0.717, 1.165) is 26.6 Å². The molecule has 1 amide bonds. The molecule has 0 saturated heterocycles. The minimum Gasteiger partial charge on any atom is -0.350 e. The number of amides is 1. The first kappa shape index (κ1) is 18.1. The second kappa shape index (κ2) is 7.78. The molecule has 28 heavy (non-hydrogen) atoms. The van der Waals surface area contributed by atoms with E-state index >= 15 is 0 Å². The molecule has 0 atom stereocenters. The van der Waals surface area contributed by atoms with Gasteiger partial charge in [0, 0.05) is 40.6 Å². The zero-order valence-corrected chi connectivity index (χ0v) is 16.1. The maximum absolute atomic E-state index is 12.5. The largest absolute Gasteiger partial charge is 0.350 e. The minimum absolute atomic E-state index is 0.0728. The molecule has 0 spiro atoms. The van der Waals surface area contributed by atoms with Gasteiger partial charge in [-0.25, -0.2) is 0 Å². The van der Waals surface area contributed by atoms with E-state index in [2.05, 4.69) is 16.0 Å². The van der Waals surface area contributed by atoms with Gasteiger partial charge in [-0.05, 0) is 40.7 Å². The number of fused-ring (bicyclic) bond motifs is 2. The number of nitrogens with two attached hydrogens (primary N) is 2. The van der Waals surface area contributed by atoms with Crippen LogP contribution in [0.5, 0.6) is 0 Å². The van der Waals surface area contributed by atoms with Gasteiger partial charge in [-0.3, -0.25) is 15.9 Å². The SMILES string of the molecule is NC(=[NH2+])Sc1cn(CCNC(=O)c2ccc3ccccc3c2)c2ccccc12. The number of nitrogens with one attached hydrogen (secondary N) is 1. The fourth-order valence-corrected chi connectivity index (χ4v) is 4.05. The summed E-state index contributed by atoms with van der Waals surface area (Å²) in [6.07, 6.45) is 2.03. The number of benzene rings is 3. The Balaban J connectivity index is 1.47. The van der Waals surface area contributed by atoms with Crippen LogP contribution in [-0.4, -0.2) is 22.2 Å². The lowest BCUT2D eigenvalue weighted by Gasteiger charge is -2.08. The van der Waals surface area contributed by atoms with Crippen molar-refractivity contribution >= 4 is 44.5 Å². The summed E-state index contributed by atoms with van der Waals surface area (Å²) in [7, 11) is 0. The van der Waals surface area contributed by atoms with E-state index in [1.807, 2.05) is 66.9 Å². The van der Waals surface area contributed by atoms with E-state index in [9.17, 15) is 4.79 Å². The van der Waals surface area contributed by atoms with Crippen molar-refractivity contribution in [3.05, 3.63) is 78.5 Å². The number of hydrogen-bond acceptors (Lipinski definition) is 2. The highest BCUT2D eigenvalue weighted by Crippen LogP contribution is 2.29. The Labute approximate surface area is 167 Å². The number of carbonyl (C=O) groups excluding carboxylic acids is 1. The van der Waals surface area contributed by atoms with Crippen molar-refractivity contribution in [3.63, 3.8) is 0 Å². The molecule has 0 aliphatic heterocycles. The molecule has 0 radical (unpaired) electrons. The third-order valence-corrected chi connectivity index (χ3v) is 5.41. The van der Waals surface area contributed by atoms with Crippen molar-refractivity contribution in [2.45, 2.75) is 11.4 Å². The average molecular weight is 390 g/mol. The summed E-state index contributed by atoms with van der Waals surface area (Å²) in [6.45, 7) is 1.18. The van der Waals surface area contributed by atoms with E-state index in [-0.39, 0.29) is 5.91 Å². The van der Waals surface area contributed by atoms with Crippen molar-refractivity contribution in [2.24, 2.45) is 5.73 Å². The number of rotatable bonds is 5. The molecule has 0 aliphatic rings. The molecule has 0 unspecified atom stereocenters. The molecule has 4 rings (SSSR count). The number of para-hydroxylation sites is 1. The smallest absolute Gasteiger partial charge is 0.304 e. The Morgan fingerprint density at radius 1 is 1.04 bits per heavy atom. The van der Waals surface area contributed by atoms with Crippen LogP contribution in [-0.2, 0) is 6.54 Å². The molecule has 1 aromatic heterocycles. The Bertz CT molecular complexity index is 1180. The second-order valence-electron chi connectivity index (χ2n) is 6.53. The van der Waals surface area contributed by atoms with E-state index < -0.39 is 0 Å². The molecule has 140 valence electrons. The minimum atomic E-state index is -0.0728. The highest BCUT2D eigenvalue weighted by atomic mass is 32.2. The zero-order valence-electron chi connectivity index (χ0n) is 15.3. The predicted octanol–water partition coefficient (Wildman–Crippen LogP) is 2.39. The number of thioether (sulfide) groups is 1. The third-order valence-electron chi connectivity index (χ3n) is 4.63. The fourth-order valence-electron chi connectivity index (χ4n) is 3.33. The molecular weight excluding hydrogens is 368 g/mol. The van der Waals surface area contributed by atoms with Gasteiger partial charge in [-0.2, -0.15) is 0 Å². The quantitative estimate of drug-likeness (QED) is 0.278. The van der Waals surface area contributed by atoms with Gasteiger partial charge in [-0.15, -0.1) is 0 Å². The summed E-state index contributed by atoms with van der Waals surface area (Å²) in [6, 6.07) is 21.9. The lowest BCUT2D eigenvalue weighted by atomic mass is 10.1. The molecule has 0 saturated carbocycles. The van der Waals surface area contributed by atoms with Crippen LogP contribution in [0.3, 0.4) is 0 Å². The summed E-state index contributed by atoms with van der Waals surface area (Å²) < 4.78 is 2.11. The summed E-state index contributed by atoms with van der Waals surface area (Å²) in [5.41, 5.74) is 7.41. The van der Waals surface area contributed by atoms with Crippen LogP contribution < -0.4 is 16.5 Å². The number of carbonyl (C=O) groups is 1. The standard InChI is InChI=1S/C22H20N4OS/c23-22(24)28-20-14-26(19-8-4-3-7-18(19)20)12-11-25-21(27)17-10-9-15-5-1-2-6-16(15)13-17/h1-10,13-14H,11-12H2,(H3,23,24)(H,25,27)/p+1. The monoisotopic (exact) mass is 389 g/mol. The highest BCUT2D eigenvalue weighted by molar-refractivity contribution is 8.13. The zero-order chi connectivity index (χ0) is 19.5. The Morgan fingerprint density at radius 2 is 1.79 bits per heavy atom. The Hall–Kier alpha value is -3.25. The van der Waals surface area contributed by atoms with E-state index in [1.165, 1.54) is 11.8 Å². The summed E-state index contributed by atoms with van der Waals surface area (Å²) in [5, 5.41) is 12.3. The molecule has 0 bridgehead atoms. The van der Waals surface area contributed by atoms with Crippen molar-refractivity contribution in [3.8, 4) is 0 Å². The number of aromatic nitrogens is 1. The number of hydrogen-bond donors (Lipinski definition) is 3. The Morgan fingerprint density at radius 3 is 2.61 bits per heavy atom. The van der Waals surface area contributed by atoms with Crippen molar-refractivity contribution in [1.29, 1.82) is 0 Å². The van der Waals surface area contributed by atoms with Crippen LogP contribution in [0, 0.1) is 0 Å². The molecule has 0 aliphatic carbocycles. The van der Waals surface area contributed by atoms with Crippen LogP contribution in [0.4, 0.5) is 0 Å². The van der Waals surface area contributed by atoms with Crippen LogP contribution in [0.15, 0.2) is 77.8 Å². The van der Waals surface area contributed by atoms with Gasteiger partial charge in [-0.1, -0.05) is 48.5 Å². The number of amidine groups is 1. The van der Waals surface area contributed by atoms with Gasteiger partial charge >= 0.3 is 5.17 Å². The Kier molecular flexibility index (Phi) is 5.04. The van der Waals surface area contributed by atoms with E-state index in [0.29, 0.717) is 23.8 Å². The van der Waals surface area contributed by atoms with Gasteiger partial charge in [0.25, 0.3) is 5.91 Å². The van der Waals surface area contributed by atoms with Crippen LogP contribution in [0.1, 0.15) is 10.4 Å². The molecular formula is C22H21N4OS+. The maximum atomic E-state index is 12.5. The van der Waals surface area contributed by atoms with Crippen LogP contribution in [0.2, 0.25) is 0 Å². The lowest BCUT2D eigenvalue weighted by Crippen LogP contribution is -2.43. The van der Waals surface area contributed by atoms with Crippen molar-refractivity contribution in [2.75, 3.05) is 6.54 Å². The van der Waals surface area contributed by atoms with Gasteiger partial charge < -0.3 is 9.88 Å². The van der Waals surface area contributed by atoms with Crippen molar-refractivity contribution < 1.29 is 10.2 Å².